The van der Waals surface area contributed by atoms with Gasteiger partial charge in [-0.3, -0.25) is 0 Å². The van der Waals surface area contributed by atoms with Gasteiger partial charge >= 0.3 is 0 Å². The van der Waals surface area contributed by atoms with Gasteiger partial charge in [0.05, 0.1) is 13.2 Å². The zero-order valence-corrected chi connectivity index (χ0v) is 10.9. The van der Waals surface area contributed by atoms with Gasteiger partial charge in [-0.25, -0.2) is 0 Å². The van der Waals surface area contributed by atoms with Gasteiger partial charge < -0.3 is 9.64 Å². The number of thioether (sulfide) groups is 2. The van der Waals surface area contributed by atoms with E-state index in [0.717, 1.165) is 23.5 Å². The minimum absolute atomic E-state index is 0.312. The highest BCUT2D eigenvalue weighted by molar-refractivity contribution is 8.04. The highest BCUT2D eigenvalue weighted by Crippen LogP contribution is 2.21. The van der Waals surface area contributed by atoms with Crippen LogP contribution < -0.4 is 4.90 Å². The molecule has 0 N–H and O–H groups in total. The van der Waals surface area contributed by atoms with Crippen molar-refractivity contribution in [1.82, 2.24) is 15.0 Å². The topological polar surface area (TPSA) is 98.7 Å². The number of nitrogens with zero attached hydrogens (tertiary/aromatic N) is 6. The minimum Gasteiger partial charge on any atom is -0.378 e. The molecule has 0 amide bonds. The number of hydrogen-bond donors (Lipinski definition) is 0. The first-order chi connectivity index (χ1) is 8.83. The quantitative estimate of drug-likeness (QED) is 0.589. The summed E-state index contributed by atoms with van der Waals surface area (Å²) < 4.78 is 5.25. The zero-order chi connectivity index (χ0) is 12.8. The van der Waals surface area contributed by atoms with Crippen molar-refractivity contribution >= 4 is 29.5 Å². The van der Waals surface area contributed by atoms with E-state index in [1.54, 1.807) is 0 Å². The Balaban J connectivity index is 2.27. The molecule has 1 aliphatic rings. The molecule has 2 rings (SSSR count). The normalized spacial score (nSPS) is 14.9. The molecule has 2 heterocycles. The Kier molecular flexibility index (Phi) is 4.59. The zero-order valence-electron chi connectivity index (χ0n) is 9.24. The predicted molar refractivity (Wildman–Crippen MR) is 65.8 cm³/mol. The molecule has 0 saturated carbocycles. The summed E-state index contributed by atoms with van der Waals surface area (Å²) in [6.07, 6.45) is 0. The van der Waals surface area contributed by atoms with E-state index in [1.165, 1.54) is 0 Å². The number of anilines is 1. The second-order valence-corrected chi connectivity index (χ2v) is 4.69. The first kappa shape index (κ1) is 12.9. The van der Waals surface area contributed by atoms with Gasteiger partial charge in [-0.05, 0) is 0 Å². The first-order valence-corrected chi connectivity index (χ1v) is 6.67. The van der Waals surface area contributed by atoms with E-state index in [-0.39, 0.29) is 0 Å². The van der Waals surface area contributed by atoms with Crippen LogP contribution in [0, 0.1) is 21.3 Å². The molecule has 1 saturated heterocycles. The molecule has 0 aromatic carbocycles. The van der Waals surface area contributed by atoms with Crippen LogP contribution in [0.5, 0.6) is 0 Å². The van der Waals surface area contributed by atoms with Gasteiger partial charge in [-0.2, -0.15) is 25.5 Å². The highest BCUT2D eigenvalue weighted by atomic mass is 32.2. The summed E-state index contributed by atoms with van der Waals surface area (Å²) in [6.45, 7) is 2.62. The molecule has 18 heavy (non-hydrogen) atoms. The lowest BCUT2D eigenvalue weighted by Crippen LogP contribution is -2.37. The molecule has 0 bridgehead atoms. The van der Waals surface area contributed by atoms with Crippen LogP contribution in [0.4, 0.5) is 5.95 Å². The first-order valence-electron chi connectivity index (χ1n) is 5.04. The van der Waals surface area contributed by atoms with Crippen molar-refractivity contribution in [3.8, 4) is 10.8 Å². The van der Waals surface area contributed by atoms with Crippen molar-refractivity contribution < 1.29 is 4.74 Å². The van der Waals surface area contributed by atoms with Crippen molar-refractivity contribution in [2.75, 3.05) is 31.2 Å². The van der Waals surface area contributed by atoms with E-state index < -0.39 is 0 Å². The van der Waals surface area contributed by atoms with Crippen LogP contribution in [0.1, 0.15) is 0 Å². The van der Waals surface area contributed by atoms with Crippen molar-refractivity contribution in [1.29, 1.82) is 10.5 Å². The van der Waals surface area contributed by atoms with E-state index >= 15 is 0 Å². The van der Waals surface area contributed by atoms with Crippen LogP contribution in [-0.4, -0.2) is 41.3 Å². The van der Waals surface area contributed by atoms with Gasteiger partial charge in [0.25, 0.3) is 0 Å². The lowest BCUT2D eigenvalue weighted by molar-refractivity contribution is 0.122. The highest BCUT2D eigenvalue weighted by Gasteiger charge is 2.16. The van der Waals surface area contributed by atoms with E-state index in [1.807, 2.05) is 15.7 Å². The van der Waals surface area contributed by atoms with Gasteiger partial charge in [0, 0.05) is 36.6 Å². The number of hydrogen-bond acceptors (Lipinski definition) is 9. The van der Waals surface area contributed by atoms with Crippen LogP contribution in [0.2, 0.25) is 0 Å². The molecule has 9 heteroatoms. The molecule has 92 valence electrons. The van der Waals surface area contributed by atoms with Crippen molar-refractivity contribution in [2.45, 2.75) is 10.3 Å². The molecule has 0 unspecified atom stereocenters. The van der Waals surface area contributed by atoms with Crippen LogP contribution in [0.3, 0.4) is 0 Å². The Morgan fingerprint density at radius 2 is 1.56 bits per heavy atom. The summed E-state index contributed by atoms with van der Waals surface area (Å²) in [5.41, 5.74) is 0. The fraction of sp³-hybridized carbons (Fsp3) is 0.444. The lowest BCUT2D eigenvalue weighted by atomic mass is 10.4. The minimum atomic E-state index is 0.312. The third-order valence-electron chi connectivity index (χ3n) is 2.15. The van der Waals surface area contributed by atoms with E-state index in [9.17, 15) is 0 Å². The SMILES string of the molecule is N#CSc1nc(SC#N)nc(N2CCOCC2)n1. The fourth-order valence-corrected chi connectivity index (χ4v) is 2.15. The van der Waals surface area contributed by atoms with Crippen LogP contribution in [0.25, 0.3) is 0 Å². The second kappa shape index (κ2) is 6.40. The lowest BCUT2D eigenvalue weighted by Gasteiger charge is -2.26. The average molecular weight is 280 g/mol. The largest absolute Gasteiger partial charge is 0.378 e. The second-order valence-electron chi connectivity index (χ2n) is 3.19. The molecule has 1 aromatic heterocycles. The Morgan fingerprint density at radius 3 is 2.06 bits per heavy atom. The number of rotatable bonds is 3. The van der Waals surface area contributed by atoms with E-state index in [4.69, 9.17) is 15.3 Å². The number of nitriles is 2. The Morgan fingerprint density at radius 1 is 1.00 bits per heavy atom. The summed E-state index contributed by atoms with van der Waals surface area (Å²) >= 11 is 1.71. The Bertz CT molecular complexity index is 471. The molecule has 1 aliphatic heterocycles. The van der Waals surface area contributed by atoms with Gasteiger partial charge in [0.15, 0.2) is 0 Å². The van der Waals surface area contributed by atoms with Gasteiger partial charge in [0.1, 0.15) is 10.8 Å². The van der Waals surface area contributed by atoms with Crippen molar-refractivity contribution in [2.24, 2.45) is 0 Å². The standard InChI is InChI=1S/C9H8N6OS2/c10-5-17-8-12-7(13-9(14-8)18-6-11)15-1-3-16-4-2-15/h1-4H2. The van der Waals surface area contributed by atoms with Crippen molar-refractivity contribution in [3.63, 3.8) is 0 Å². The molecular weight excluding hydrogens is 272 g/mol. The number of morpholine rings is 1. The van der Waals surface area contributed by atoms with Crippen LogP contribution >= 0.6 is 23.5 Å². The molecule has 1 aromatic rings. The average Bonchev–Trinajstić information content (AvgIpc) is 2.40. The van der Waals surface area contributed by atoms with E-state index in [2.05, 4.69) is 15.0 Å². The monoisotopic (exact) mass is 280 g/mol. The third kappa shape index (κ3) is 3.23. The maximum atomic E-state index is 8.65. The molecule has 0 spiro atoms. The number of aromatic nitrogens is 3. The van der Waals surface area contributed by atoms with Crippen molar-refractivity contribution in [3.05, 3.63) is 0 Å². The Hall–Kier alpha value is -1.55. The Labute approximate surface area is 112 Å². The number of ether oxygens (including phenoxy) is 1. The smallest absolute Gasteiger partial charge is 0.230 e. The summed E-state index contributed by atoms with van der Waals surface area (Å²) in [5.74, 6) is 0.490. The molecular formula is C9H8N6OS2. The summed E-state index contributed by atoms with van der Waals surface area (Å²) in [7, 11) is 0. The molecule has 0 atom stereocenters. The summed E-state index contributed by atoms with van der Waals surface area (Å²) in [5, 5.41) is 21.7. The molecule has 0 radical (unpaired) electrons. The molecule has 0 aliphatic carbocycles. The third-order valence-corrected chi connectivity index (χ3v) is 3.06. The maximum Gasteiger partial charge on any atom is 0.230 e. The van der Waals surface area contributed by atoms with Crippen LogP contribution in [0.15, 0.2) is 10.3 Å². The van der Waals surface area contributed by atoms with Crippen LogP contribution in [-0.2, 0) is 4.74 Å². The van der Waals surface area contributed by atoms with Gasteiger partial charge in [-0.15, -0.1) is 0 Å². The maximum absolute atomic E-state index is 8.65. The summed E-state index contributed by atoms with van der Waals surface area (Å²) in [4.78, 5) is 14.4. The molecule has 1 fully saturated rings. The molecule has 7 nitrogen and oxygen atoms in total. The number of thiocyanates is 2. The van der Waals surface area contributed by atoms with E-state index in [0.29, 0.717) is 42.6 Å². The van der Waals surface area contributed by atoms with Gasteiger partial charge in [-0.1, -0.05) is 0 Å². The summed E-state index contributed by atoms with van der Waals surface area (Å²) in [6, 6.07) is 0. The fourth-order valence-electron chi connectivity index (χ4n) is 1.41. The predicted octanol–water partition coefficient (Wildman–Crippen LogP) is 0.855. The van der Waals surface area contributed by atoms with Gasteiger partial charge in [0.2, 0.25) is 16.3 Å².